The van der Waals surface area contributed by atoms with E-state index < -0.39 is 0 Å². The number of hydrogen-bond donors (Lipinski definition) is 0. The van der Waals surface area contributed by atoms with Crippen LogP contribution in [0.3, 0.4) is 0 Å². The molecule has 3 rings (SSSR count). The van der Waals surface area contributed by atoms with E-state index in [1.807, 2.05) is 22.9 Å². The van der Waals surface area contributed by atoms with Gasteiger partial charge < -0.3 is 0 Å². The molecule has 0 saturated heterocycles. The molecule has 0 saturated carbocycles. The first kappa shape index (κ1) is 9.27. The minimum absolute atomic E-state index is 0.912. The number of allylic oxidation sites excluding steroid dienone is 1. The first-order valence-corrected chi connectivity index (χ1v) is 5.46. The largest absolute Gasteiger partial charge is 0.226 e. The lowest BCUT2D eigenvalue weighted by atomic mass is 10.0. The van der Waals surface area contributed by atoms with Gasteiger partial charge in [-0.2, -0.15) is 0 Å². The number of rotatable bonds is 1. The molecule has 0 bridgehead atoms. The Bertz CT molecular complexity index is 513. The van der Waals surface area contributed by atoms with E-state index in [2.05, 4.69) is 33.7 Å². The third kappa shape index (κ3) is 1.62. The topological polar surface area (TPSA) is 43.6 Å². The summed E-state index contributed by atoms with van der Waals surface area (Å²) in [5.74, 6) is 0.912. The summed E-state index contributed by atoms with van der Waals surface area (Å²) < 4.78 is 1.87. The van der Waals surface area contributed by atoms with Crippen LogP contribution in [0, 0.1) is 0 Å². The van der Waals surface area contributed by atoms with E-state index in [0.717, 1.165) is 25.2 Å². The fraction of sp³-hybridized carbons (Fsp3) is 0.250. The molecule has 1 aliphatic rings. The molecule has 0 unspecified atom stereocenters. The third-order valence-corrected chi connectivity index (χ3v) is 2.78. The summed E-state index contributed by atoms with van der Waals surface area (Å²) in [5, 5.41) is 11.7. The number of aryl methyl sites for hydroxylation is 1. The van der Waals surface area contributed by atoms with Gasteiger partial charge in [-0.05, 0) is 40.5 Å². The molecular formula is C12H12N4. The van der Waals surface area contributed by atoms with Crippen molar-refractivity contribution in [2.75, 3.05) is 0 Å². The van der Waals surface area contributed by atoms with Gasteiger partial charge in [0.1, 0.15) is 0 Å². The molecule has 0 aliphatic carbocycles. The highest BCUT2D eigenvalue weighted by molar-refractivity contribution is 5.78. The van der Waals surface area contributed by atoms with Crippen molar-refractivity contribution in [3.63, 3.8) is 0 Å². The first-order chi connectivity index (χ1) is 7.93. The minimum Gasteiger partial charge on any atom is -0.226 e. The third-order valence-electron chi connectivity index (χ3n) is 2.78. The number of benzene rings is 1. The van der Waals surface area contributed by atoms with E-state index in [-0.39, 0.29) is 0 Å². The van der Waals surface area contributed by atoms with Gasteiger partial charge in [-0.15, -0.1) is 5.10 Å². The van der Waals surface area contributed by atoms with Crippen LogP contribution >= 0.6 is 0 Å². The molecule has 0 atom stereocenters. The van der Waals surface area contributed by atoms with Crippen LogP contribution < -0.4 is 0 Å². The molecule has 80 valence electrons. The van der Waals surface area contributed by atoms with E-state index in [1.165, 1.54) is 11.1 Å². The average Bonchev–Trinajstić information content (AvgIpc) is 2.80. The summed E-state index contributed by atoms with van der Waals surface area (Å²) in [6.07, 6.45) is 4.33. The maximum absolute atomic E-state index is 4.07. The highest BCUT2D eigenvalue weighted by Gasteiger charge is 2.16. The van der Waals surface area contributed by atoms with Crippen molar-refractivity contribution < 1.29 is 0 Å². The molecule has 0 amide bonds. The van der Waals surface area contributed by atoms with Crippen LogP contribution in [0.2, 0.25) is 0 Å². The predicted molar refractivity (Wildman–Crippen MR) is 61.4 cm³/mol. The summed E-state index contributed by atoms with van der Waals surface area (Å²) in [6, 6.07) is 10.3. The standard InChI is InChI=1S/C12H12N4/c1-2-5-10(6-3-1)9-11-7-4-8-16-12(11)13-14-15-16/h1-3,5-6,9H,4,7-8H2/b11-9+. The molecule has 2 heterocycles. The number of aromatic nitrogens is 4. The molecule has 1 aromatic carbocycles. The molecular weight excluding hydrogens is 200 g/mol. The number of hydrogen-bond acceptors (Lipinski definition) is 3. The van der Waals surface area contributed by atoms with Crippen molar-refractivity contribution >= 4 is 11.6 Å². The average molecular weight is 212 g/mol. The van der Waals surface area contributed by atoms with Crippen molar-refractivity contribution in [1.29, 1.82) is 0 Å². The Balaban J connectivity index is 2.01. The second kappa shape index (κ2) is 3.89. The van der Waals surface area contributed by atoms with Gasteiger partial charge in [-0.25, -0.2) is 4.68 Å². The van der Waals surface area contributed by atoms with Crippen molar-refractivity contribution in [2.24, 2.45) is 0 Å². The number of nitrogens with zero attached hydrogens (tertiary/aromatic N) is 4. The fourth-order valence-corrected chi connectivity index (χ4v) is 2.00. The second-order valence-corrected chi connectivity index (χ2v) is 3.91. The molecule has 2 aromatic rings. The predicted octanol–water partition coefficient (Wildman–Crippen LogP) is 2.01. The summed E-state index contributed by atoms with van der Waals surface area (Å²) in [7, 11) is 0. The maximum atomic E-state index is 4.07. The lowest BCUT2D eigenvalue weighted by Gasteiger charge is -2.13. The second-order valence-electron chi connectivity index (χ2n) is 3.91. The monoisotopic (exact) mass is 212 g/mol. The van der Waals surface area contributed by atoms with Gasteiger partial charge in [0.05, 0.1) is 0 Å². The fourth-order valence-electron chi connectivity index (χ4n) is 2.00. The van der Waals surface area contributed by atoms with E-state index in [4.69, 9.17) is 0 Å². The summed E-state index contributed by atoms with van der Waals surface area (Å²) in [6.45, 7) is 0.925. The number of tetrazole rings is 1. The van der Waals surface area contributed by atoms with Crippen LogP contribution in [-0.2, 0) is 6.54 Å². The smallest absolute Gasteiger partial charge is 0.177 e. The highest BCUT2D eigenvalue weighted by atomic mass is 15.5. The molecule has 1 aliphatic heterocycles. The van der Waals surface area contributed by atoms with Crippen molar-refractivity contribution in [3.05, 3.63) is 41.7 Å². The summed E-state index contributed by atoms with van der Waals surface area (Å²) in [4.78, 5) is 0. The maximum Gasteiger partial charge on any atom is 0.177 e. The SMILES string of the molecule is C(=C1/CCCn2nnnc21)/c1ccccc1. The molecule has 16 heavy (non-hydrogen) atoms. The Kier molecular flexibility index (Phi) is 2.25. The zero-order valence-electron chi connectivity index (χ0n) is 8.87. The molecule has 0 spiro atoms. The minimum atomic E-state index is 0.912. The van der Waals surface area contributed by atoms with Gasteiger partial charge in [0.25, 0.3) is 0 Å². The lowest BCUT2D eigenvalue weighted by molar-refractivity contribution is 0.538. The number of fused-ring (bicyclic) bond motifs is 1. The molecule has 1 aromatic heterocycles. The van der Waals surface area contributed by atoms with Crippen LogP contribution in [0.15, 0.2) is 30.3 Å². The van der Waals surface area contributed by atoms with E-state index >= 15 is 0 Å². The molecule has 4 heteroatoms. The van der Waals surface area contributed by atoms with Crippen molar-refractivity contribution in [3.8, 4) is 0 Å². The molecule has 0 radical (unpaired) electrons. The van der Waals surface area contributed by atoms with Gasteiger partial charge in [0.2, 0.25) is 0 Å². The van der Waals surface area contributed by atoms with Gasteiger partial charge >= 0.3 is 0 Å². The van der Waals surface area contributed by atoms with Gasteiger partial charge in [-0.1, -0.05) is 30.3 Å². The van der Waals surface area contributed by atoms with Crippen LogP contribution in [0.25, 0.3) is 11.6 Å². The van der Waals surface area contributed by atoms with E-state index in [9.17, 15) is 0 Å². The molecule has 4 nitrogen and oxygen atoms in total. The van der Waals surface area contributed by atoms with Gasteiger partial charge in [0, 0.05) is 6.54 Å². The summed E-state index contributed by atoms with van der Waals surface area (Å²) >= 11 is 0. The summed E-state index contributed by atoms with van der Waals surface area (Å²) in [5.41, 5.74) is 2.43. The zero-order valence-corrected chi connectivity index (χ0v) is 8.87. The Morgan fingerprint density at radius 2 is 2.06 bits per heavy atom. The van der Waals surface area contributed by atoms with E-state index in [1.54, 1.807) is 0 Å². The van der Waals surface area contributed by atoms with Gasteiger partial charge in [0.15, 0.2) is 5.82 Å². The van der Waals surface area contributed by atoms with Crippen molar-refractivity contribution in [1.82, 2.24) is 20.2 Å². The molecule has 0 fully saturated rings. The Morgan fingerprint density at radius 1 is 1.19 bits per heavy atom. The van der Waals surface area contributed by atoms with Crippen LogP contribution in [0.5, 0.6) is 0 Å². The highest BCUT2D eigenvalue weighted by Crippen LogP contribution is 2.25. The Labute approximate surface area is 93.6 Å². The normalized spacial score (nSPS) is 17.4. The van der Waals surface area contributed by atoms with Crippen LogP contribution in [0.1, 0.15) is 24.2 Å². The lowest BCUT2D eigenvalue weighted by Crippen LogP contribution is -2.11. The van der Waals surface area contributed by atoms with E-state index in [0.29, 0.717) is 0 Å². The quantitative estimate of drug-likeness (QED) is 0.726. The Morgan fingerprint density at radius 3 is 2.94 bits per heavy atom. The Hall–Kier alpha value is -1.97. The first-order valence-electron chi connectivity index (χ1n) is 5.46. The van der Waals surface area contributed by atoms with Gasteiger partial charge in [-0.3, -0.25) is 0 Å². The van der Waals surface area contributed by atoms with Crippen LogP contribution in [0.4, 0.5) is 0 Å². The zero-order chi connectivity index (χ0) is 10.8. The molecule has 0 N–H and O–H groups in total. The van der Waals surface area contributed by atoms with Crippen LogP contribution in [-0.4, -0.2) is 20.2 Å². The van der Waals surface area contributed by atoms with Crippen molar-refractivity contribution in [2.45, 2.75) is 19.4 Å².